The molecule has 2 N–H and O–H groups in total. The van der Waals surface area contributed by atoms with Gasteiger partial charge in [0.05, 0.1) is 6.54 Å². The van der Waals surface area contributed by atoms with Crippen LogP contribution in [0.4, 0.5) is 5.69 Å². The third kappa shape index (κ3) is 4.39. The summed E-state index contributed by atoms with van der Waals surface area (Å²) in [5.74, 6) is 1.05. The summed E-state index contributed by atoms with van der Waals surface area (Å²) in [4.78, 5) is 4.38. The van der Waals surface area contributed by atoms with Crippen LogP contribution in [-0.4, -0.2) is 15.3 Å². The van der Waals surface area contributed by atoms with Crippen molar-refractivity contribution >= 4 is 38.9 Å². The third-order valence-corrected chi connectivity index (χ3v) is 4.02. The van der Waals surface area contributed by atoms with Gasteiger partial charge in [0, 0.05) is 15.7 Å². The van der Waals surface area contributed by atoms with Gasteiger partial charge in [0.15, 0.2) is 5.11 Å². The number of hydrogen-bond donors (Lipinski definition) is 2. The Bertz CT molecular complexity index is 848. The van der Waals surface area contributed by atoms with E-state index in [0.29, 0.717) is 23.4 Å². The SMILES string of the molecule is Cc1cccc(-c2noc(CNC(=S)Nc3ccc(Br)cc3)n2)c1. The fourth-order valence-corrected chi connectivity index (χ4v) is 2.55. The van der Waals surface area contributed by atoms with Crippen molar-refractivity contribution in [3.8, 4) is 11.4 Å². The second-order valence-corrected chi connectivity index (χ2v) is 6.52. The van der Waals surface area contributed by atoms with Crippen LogP contribution in [0.25, 0.3) is 11.4 Å². The Morgan fingerprint density at radius 1 is 1.21 bits per heavy atom. The first-order valence-electron chi connectivity index (χ1n) is 7.30. The molecule has 0 atom stereocenters. The highest BCUT2D eigenvalue weighted by Crippen LogP contribution is 2.17. The molecule has 122 valence electrons. The average molecular weight is 403 g/mol. The van der Waals surface area contributed by atoms with Crippen LogP contribution in [0.5, 0.6) is 0 Å². The summed E-state index contributed by atoms with van der Waals surface area (Å²) in [6, 6.07) is 15.7. The smallest absolute Gasteiger partial charge is 0.246 e. The molecule has 0 aliphatic heterocycles. The topological polar surface area (TPSA) is 63.0 Å². The molecule has 3 aromatic rings. The molecule has 0 saturated carbocycles. The Labute approximate surface area is 153 Å². The standard InChI is InChI=1S/C17H15BrN4OS/c1-11-3-2-4-12(9-11)16-21-15(23-22-16)10-19-17(24)20-14-7-5-13(18)6-8-14/h2-9H,10H2,1H3,(H2,19,20,24). The summed E-state index contributed by atoms with van der Waals surface area (Å²) < 4.78 is 6.27. The van der Waals surface area contributed by atoms with Gasteiger partial charge < -0.3 is 15.2 Å². The third-order valence-electron chi connectivity index (χ3n) is 3.25. The molecule has 0 bridgehead atoms. The fraction of sp³-hybridized carbons (Fsp3) is 0.118. The van der Waals surface area contributed by atoms with Gasteiger partial charge in [-0.1, -0.05) is 44.8 Å². The molecule has 0 amide bonds. The van der Waals surface area contributed by atoms with E-state index in [1.807, 2.05) is 55.5 Å². The zero-order chi connectivity index (χ0) is 16.9. The predicted octanol–water partition coefficient (Wildman–Crippen LogP) is 4.29. The van der Waals surface area contributed by atoms with E-state index < -0.39 is 0 Å². The molecule has 0 radical (unpaired) electrons. The number of rotatable bonds is 4. The predicted molar refractivity (Wildman–Crippen MR) is 102 cm³/mol. The summed E-state index contributed by atoms with van der Waals surface area (Å²) in [5, 5.41) is 10.6. The van der Waals surface area contributed by atoms with E-state index in [4.69, 9.17) is 16.7 Å². The summed E-state index contributed by atoms with van der Waals surface area (Å²) in [5.41, 5.74) is 2.99. The van der Waals surface area contributed by atoms with Gasteiger partial charge in [-0.3, -0.25) is 0 Å². The Hall–Kier alpha value is -2.25. The number of thiocarbonyl (C=S) groups is 1. The summed E-state index contributed by atoms with van der Waals surface area (Å²) in [6.45, 7) is 2.39. The zero-order valence-electron chi connectivity index (χ0n) is 12.9. The minimum Gasteiger partial charge on any atom is -0.353 e. The van der Waals surface area contributed by atoms with E-state index >= 15 is 0 Å². The number of nitrogens with one attached hydrogen (secondary N) is 2. The number of benzene rings is 2. The fourth-order valence-electron chi connectivity index (χ4n) is 2.09. The van der Waals surface area contributed by atoms with Crippen molar-refractivity contribution in [2.45, 2.75) is 13.5 Å². The largest absolute Gasteiger partial charge is 0.353 e. The van der Waals surface area contributed by atoms with Crippen LogP contribution >= 0.6 is 28.1 Å². The highest BCUT2D eigenvalue weighted by Gasteiger charge is 2.09. The van der Waals surface area contributed by atoms with Gasteiger partial charge in [0.1, 0.15) is 0 Å². The Balaban J connectivity index is 1.57. The summed E-state index contributed by atoms with van der Waals surface area (Å²) in [6.07, 6.45) is 0. The van der Waals surface area contributed by atoms with Gasteiger partial charge in [-0.2, -0.15) is 4.98 Å². The first kappa shape index (κ1) is 16.6. The highest BCUT2D eigenvalue weighted by atomic mass is 79.9. The molecule has 1 heterocycles. The number of halogens is 1. The lowest BCUT2D eigenvalue weighted by Gasteiger charge is -2.08. The molecule has 0 saturated heterocycles. The second kappa shape index (κ2) is 7.55. The minimum atomic E-state index is 0.362. The van der Waals surface area contributed by atoms with E-state index in [9.17, 15) is 0 Å². The lowest BCUT2D eigenvalue weighted by atomic mass is 10.1. The molecule has 0 fully saturated rings. The number of aromatic nitrogens is 2. The molecule has 0 aliphatic rings. The van der Waals surface area contributed by atoms with Gasteiger partial charge in [0.2, 0.25) is 11.7 Å². The van der Waals surface area contributed by atoms with Gasteiger partial charge in [0.25, 0.3) is 0 Å². The van der Waals surface area contributed by atoms with Crippen molar-refractivity contribution < 1.29 is 4.52 Å². The number of anilines is 1. The van der Waals surface area contributed by atoms with Crippen molar-refractivity contribution in [3.63, 3.8) is 0 Å². The lowest BCUT2D eigenvalue weighted by molar-refractivity contribution is 0.376. The molecule has 0 aliphatic carbocycles. The van der Waals surface area contributed by atoms with Crippen molar-refractivity contribution in [1.82, 2.24) is 15.5 Å². The average Bonchev–Trinajstić information content (AvgIpc) is 3.04. The van der Waals surface area contributed by atoms with Crippen molar-refractivity contribution in [1.29, 1.82) is 0 Å². The molecular formula is C17H15BrN4OS. The van der Waals surface area contributed by atoms with Crippen LogP contribution in [-0.2, 0) is 6.54 Å². The molecule has 24 heavy (non-hydrogen) atoms. The van der Waals surface area contributed by atoms with E-state index in [0.717, 1.165) is 21.3 Å². The molecule has 5 nitrogen and oxygen atoms in total. The van der Waals surface area contributed by atoms with Crippen molar-refractivity contribution in [2.75, 3.05) is 5.32 Å². The first-order chi connectivity index (χ1) is 11.6. The quantitative estimate of drug-likeness (QED) is 0.634. The maximum atomic E-state index is 5.26. The Morgan fingerprint density at radius 2 is 2.00 bits per heavy atom. The summed E-state index contributed by atoms with van der Waals surface area (Å²) >= 11 is 8.66. The van der Waals surface area contributed by atoms with Gasteiger partial charge in [-0.05, 0) is 49.5 Å². The molecule has 2 aromatic carbocycles. The number of aryl methyl sites for hydroxylation is 1. The van der Waals surface area contributed by atoms with Gasteiger partial charge >= 0.3 is 0 Å². The van der Waals surface area contributed by atoms with Crippen LogP contribution < -0.4 is 10.6 Å². The molecule has 0 spiro atoms. The van der Waals surface area contributed by atoms with Crippen LogP contribution in [0.2, 0.25) is 0 Å². The maximum absolute atomic E-state index is 5.26. The normalized spacial score (nSPS) is 10.4. The van der Waals surface area contributed by atoms with E-state index in [1.54, 1.807) is 0 Å². The highest BCUT2D eigenvalue weighted by molar-refractivity contribution is 9.10. The van der Waals surface area contributed by atoms with Crippen molar-refractivity contribution in [2.24, 2.45) is 0 Å². The van der Waals surface area contributed by atoms with E-state index in [-0.39, 0.29) is 0 Å². The minimum absolute atomic E-state index is 0.362. The van der Waals surface area contributed by atoms with Crippen LogP contribution in [0.15, 0.2) is 57.5 Å². The van der Waals surface area contributed by atoms with Gasteiger partial charge in [-0.25, -0.2) is 0 Å². The zero-order valence-corrected chi connectivity index (χ0v) is 15.3. The molecule has 3 rings (SSSR count). The number of hydrogen-bond acceptors (Lipinski definition) is 4. The molecule has 0 unspecified atom stereocenters. The van der Waals surface area contributed by atoms with Crippen LogP contribution in [0.3, 0.4) is 0 Å². The molecular weight excluding hydrogens is 388 g/mol. The monoisotopic (exact) mass is 402 g/mol. The molecule has 1 aromatic heterocycles. The van der Waals surface area contributed by atoms with Crippen LogP contribution in [0.1, 0.15) is 11.5 Å². The van der Waals surface area contributed by atoms with E-state index in [2.05, 4.69) is 36.7 Å². The van der Waals surface area contributed by atoms with E-state index in [1.165, 1.54) is 0 Å². The van der Waals surface area contributed by atoms with Gasteiger partial charge in [-0.15, -0.1) is 0 Å². The maximum Gasteiger partial charge on any atom is 0.246 e. The Kier molecular flexibility index (Phi) is 5.22. The molecule has 7 heteroatoms. The first-order valence-corrected chi connectivity index (χ1v) is 8.50. The summed E-state index contributed by atoms with van der Waals surface area (Å²) in [7, 11) is 0. The Morgan fingerprint density at radius 3 is 2.75 bits per heavy atom. The van der Waals surface area contributed by atoms with Crippen LogP contribution in [0, 0.1) is 6.92 Å². The lowest BCUT2D eigenvalue weighted by Crippen LogP contribution is -2.27. The van der Waals surface area contributed by atoms with Crippen molar-refractivity contribution in [3.05, 3.63) is 64.5 Å². The number of nitrogens with zero attached hydrogens (tertiary/aromatic N) is 2. The second-order valence-electron chi connectivity index (χ2n) is 5.20.